The van der Waals surface area contributed by atoms with E-state index in [0.717, 1.165) is 38.1 Å². The molecule has 0 bridgehead atoms. The Hall–Kier alpha value is -3.70. The molecule has 1 fully saturated rings. The molecule has 1 aromatic carbocycles. The van der Waals surface area contributed by atoms with Gasteiger partial charge < -0.3 is 10.3 Å². The number of halogens is 3. The van der Waals surface area contributed by atoms with Crippen molar-refractivity contribution in [2.24, 2.45) is 5.92 Å². The van der Waals surface area contributed by atoms with Gasteiger partial charge in [-0.3, -0.25) is 14.9 Å². The van der Waals surface area contributed by atoms with Crippen LogP contribution in [0, 0.1) is 23.0 Å². The number of non-ortho nitro benzene ring substituents is 1. The lowest BCUT2D eigenvalue weighted by atomic mass is 10.0. The Morgan fingerprint density at radius 1 is 1.18 bits per heavy atom. The van der Waals surface area contributed by atoms with Crippen LogP contribution in [-0.2, 0) is 12.7 Å². The molecule has 3 aromatic rings. The van der Waals surface area contributed by atoms with Crippen molar-refractivity contribution in [3.8, 4) is 0 Å². The van der Waals surface area contributed by atoms with Gasteiger partial charge in [-0.1, -0.05) is 6.92 Å². The normalized spacial score (nSPS) is 15.0. The zero-order chi connectivity index (χ0) is 24.6. The number of fused-ring (bicyclic) bond motifs is 1. The summed E-state index contributed by atoms with van der Waals surface area (Å²) < 4.78 is 41.2. The smallest absolute Gasteiger partial charge is 0.365 e. The quantitative estimate of drug-likeness (QED) is 0.438. The Labute approximate surface area is 192 Å². The first-order valence-corrected chi connectivity index (χ1v) is 10.8. The van der Waals surface area contributed by atoms with Gasteiger partial charge in [0.25, 0.3) is 11.2 Å². The number of nitro benzene ring substituents is 1. The number of nitro groups is 1. The van der Waals surface area contributed by atoms with E-state index in [1.54, 1.807) is 13.1 Å². The monoisotopic (exact) mass is 476 g/mol. The molecule has 0 amide bonds. The molecule has 0 aliphatic carbocycles. The predicted molar refractivity (Wildman–Crippen MR) is 120 cm³/mol. The molecule has 1 saturated heterocycles. The number of aryl methyl sites for hydroxylation is 1. The summed E-state index contributed by atoms with van der Waals surface area (Å²) in [6, 6.07) is 3.86. The van der Waals surface area contributed by atoms with Crippen LogP contribution in [0.25, 0.3) is 10.9 Å². The third-order valence-electron chi connectivity index (χ3n) is 5.86. The summed E-state index contributed by atoms with van der Waals surface area (Å²) in [5.41, 5.74) is -1.51. The van der Waals surface area contributed by atoms with E-state index in [1.165, 1.54) is 10.7 Å². The number of pyridine rings is 1. The van der Waals surface area contributed by atoms with Crippen molar-refractivity contribution < 1.29 is 18.1 Å². The molecule has 1 aliphatic heterocycles. The third kappa shape index (κ3) is 4.95. The second-order valence-electron chi connectivity index (χ2n) is 8.51. The summed E-state index contributed by atoms with van der Waals surface area (Å²) >= 11 is 0. The number of alkyl halides is 3. The van der Waals surface area contributed by atoms with Gasteiger partial charge in [0, 0.05) is 44.0 Å². The van der Waals surface area contributed by atoms with Crippen LogP contribution in [0.1, 0.15) is 36.7 Å². The maximum Gasteiger partial charge on any atom is 0.416 e. The van der Waals surface area contributed by atoms with Gasteiger partial charge in [-0.05, 0) is 37.3 Å². The highest BCUT2D eigenvalue weighted by molar-refractivity contribution is 5.88. The first kappa shape index (κ1) is 23.5. The van der Waals surface area contributed by atoms with Gasteiger partial charge in [0.2, 0.25) is 0 Å². The second kappa shape index (κ2) is 8.92. The fraction of sp³-hybridized carbons (Fsp3) is 0.409. The largest absolute Gasteiger partial charge is 0.416 e. The maximum atomic E-state index is 13.2. The van der Waals surface area contributed by atoms with Crippen LogP contribution in [-0.4, -0.2) is 32.7 Å². The lowest BCUT2D eigenvalue weighted by Crippen LogP contribution is -2.46. The summed E-state index contributed by atoms with van der Waals surface area (Å²) in [5, 5.41) is 16.6. The highest BCUT2D eigenvalue weighted by Crippen LogP contribution is 2.33. The molecule has 0 radical (unpaired) electrons. The minimum absolute atomic E-state index is 0.0734. The minimum Gasteiger partial charge on any atom is -0.365 e. The molecular weight excluding hydrogens is 453 g/mol. The third-order valence-corrected chi connectivity index (χ3v) is 5.86. The van der Waals surface area contributed by atoms with E-state index in [1.807, 2.05) is 5.01 Å². The van der Waals surface area contributed by atoms with E-state index in [9.17, 15) is 28.1 Å². The van der Waals surface area contributed by atoms with E-state index >= 15 is 0 Å². The number of hydrogen-bond acceptors (Lipinski definition) is 7. The van der Waals surface area contributed by atoms with Crippen molar-refractivity contribution >= 4 is 22.4 Å². The zero-order valence-electron chi connectivity index (χ0n) is 18.6. The highest BCUT2D eigenvalue weighted by atomic mass is 19.4. The molecule has 0 spiro atoms. The molecule has 4 rings (SSSR count). The minimum atomic E-state index is -4.72. The van der Waals surface area contributed by atoms with Gasteiger partial charge in [0.05, 0.1) is 21.4 Å². The van der Waals surface area contributed by atoms with E-state index in [-0.39, 0.29) is 17.7 Å². The summed E-state index contributed by atoms with van der Waals surface area (Å²) in [6.07, 6.45) is -1.19. The van der Waals surface area contributed by atoms with Crippen LogP contribution in [0.15, 0.2) is 35.3 Å². The molecule has 9 nitrogen and oxygen atoms in total. The number of nitrogens with zero attached hydrogens (tertiary/aromatic N) is 5. The maximum absolute atomic E-state index is 13.2. The Bertz CT molecular complexity index is 1300. The van der Waals surface area contributed by atoms with Gasteiger partial charge >= 0.3 is 6.18 Å². The number of nitrogens with one attached hydrogen (secondary N) is 1. The number of anilines is 1. The Morgan fingerprint density at radius 3 is 2.53 bits per heavy atom. The first-order valence-electron chi connectivity index (χ1n) is 10.8. The highest BCUT2D eigenvalue weighted by Gasteiger charge is 2.32. The topological polar surface area (TPSA) is 106 Å². The standard InChI is InChI=1S/C22H23F3N6O3/c1-13-3-5-29(6-4-13)30-12-18-19(10-20(30)32)27-14(2)28-21(18)26-11-15-7-16(22(23,24)25)9-17(8-15)31(33)34/h7-10,12-13H,3-6,11H2,1-2H3,(H,26,27,28). The average Bonchev–Trinajstić information content (AvgIpc) is 2.77. The molecule has 180 valence electrons. The van der Waals surface area contributed by atoms with Gasteiger partial charge in [0.1, 0.15) is 11.6 Å². The van der Waals surface area contributed by atoms with Gasteiger partial charge in [-0.15, -0.1) is 0 Å². The fourth-order valence-electron chi connectivity index (χ4n) is 4.01. The Kier molecular flexibility index (Phi) is 6.15. The lowest BCUT2D eigenvalue weighted by Gasteiger charge is -2.33. The first-order chi connectivity index (χ1) is 16.0. The average molecular weight is 476 g/mol. The Balaban J connectivity index is 1.69. The van der Waals surface area contributed by atoms with Crippen LogP contribution >= 0.6 is 0 Å². The van der Waals surface area contributed by atoms with Crippen LogP contribution in [0.5, 0.6) is 0 Å². The number of rotatable bonds is 5. The van der Waals surface area contributed by atoms with Crippen molar-refractivity contribution in [3.63, 3.8) is 0 Å². The van der Waals surface area contributed by atoms with Gasteiger partial charge in [-0.2, -0.15) is 13.2 Å². The van der Waals surface area contributed by atoms with E-state index in [4.69, 9.17) is 0 Å². The molecule has 0 atom stereocenters. The van der Waals surface area contributed by atoms with Crippen molar-refractivity contribution in [3.05, 3.63) is 67.9 Å². The van der Waals surface area contributed by atoms with E-state index in [2.05, 4.69) is 22.2 Å². The van der Waals surface area contributed by atoms with Gasteiger partial charge in [0.15, 0.2) is 0 Å². The number of hydrogen-bond donors (Lipinski definition) is 1. The van der Waals surface area contributed by atoms with E-state index < -0.39 is 22.4 Å². The molecular formula is C22H23F3N6O3. The molecule has 12 heteroatoms. The fourth-order valence-corrected chi connectivity index (χ4v) is 4.01. The lowest BCUT2D eigenvalue weighted by molar-refractivity contribution is -0.385. The predicted octanol–water partition coefficient (Wildman–Crippen LogP) is 4.01. The number of benzene rings is 1. The van der Waals surface area contributed by atoms with Gasteiger partial charge in [-0.25, -0.2) is 14.6 Å². The SMILES string of the molecule is Cc1nc(NCc2cc([N+](=O)[O-])cc(C(F)(F)F)c2)c2cn(N3CCC(C)CC3)c(=O)cc2n1. The zero-order valence-corrected chi connectivity index (χ0v) is 18.6. The summed E-state index contributed by atoms with van der Waals surface area (Å²) in [4.78, 5) is 31.7. The van der Waals surface area contributed by atoms with Crippen molar-refractivity contribution in [2.75, 3.05) is 23.4 Å². The molecule has 34 heavy (non-hydrogen) atoms. The second-order valence-corrected chi connectivity index (χ2v) is 8.51. The van der Waals surface area contributed by atoms with Crippen LogP contribution in [0.2, 0.25) is 0 Å². The van der Waals surface area contributed by atoms with E-state index in [0.29, 0.717) is 34.5 Å². The van der Waals surface area contributed by atoms with Crippen LogP contribution in [0.3, 0.4) is 0 Å². The molecule has 0 saturated carbocycles. The van der Waals surface area contributed by atoms with Crippen molar-refractivity contribution in [1.82, 2.24) is 14.6 Å². The summed E-state index contributed by atoms with van der Waals surface area (Å²) in [6.45, 7) is 5.09. The molecule has 3 heterocycles. The van der Waals surface area contributed by atoms with Crippen molar-refractivity contribution in [1.29, 1.82) is 0 Å². The Morgan fingerprint density at radius 2 is 1.88 bits per heavy atom. The van der Waals surface area contributed by atoms with Crippen LogP contribution in [0.4, 0.5) is 24.7 Å². The summed E-state index contributed by atoms with van der Waals surface area (Å²) in [5.74, 6) is 1.27. The van der Waals surface area contributed by atoms with Crippen LogP contribution < -0.4 is 15.9 Å². The summed E-state index contributed by atoms with van der Waals surface area (Å²) in [7, 11) is 0. The molecule has 0 unspecified atom stereocenters. The van der Waals surface area contributed by atoms with Crippen molar-refractivity contribution in [2.45, 2.75) is 39.4 Å². The molecule has 1 aliphatic rings. The number of piperidine rings is 1. The number of aromatic nitrogens is 3. The molecule has 2 aromatic heterocycles. The molecule has 1 N–H and O–H groups in total.